The first-order chi connectivity index (χ1) is 9.86. The molecule has 2 aromatic carbocycles. The van der Waals surface area contributed by atoms with E-state index in [1.54, 1.807) is 0 Å². The van der Waals surface area contributed by atoms with E-state index in [4.69, 9.17) is 0 Å². The summed E-state index contributed by atoms with van der Waals surface area (Å²) in [6.07, 6.45) is 6.71. The molecule has 4 rings (SSSR count). The molecule has 2 aliphatic rings. The molecule has 0 unspecified atom stereocenters. The summed E-state index contributed by atoms with van der Waals surface area (Å²) in [5, 5.41) is 0. The van der Waals surface area contributed by atoms with Crippen molar-refractivity contribution in [2.24, 2.45) is 11.3 Å². The molecule has 0 atom stereocenters. The summed E-state index contributed by atoms with van der Waals surface area (Å²) in [7, 11) is 0. The van der Waals surface area contributed by atoms with Crippen molar-refractivity contribution in [3.8, 4) is 0 Å². The van der Waals surface area contributed by atoms with Gasteiger partial charge in [0.2, 0.25) is 0 Å². The molecular formula is C20H21. The first kappa shape index (κ1) is 12.2. The smallest absolute Gasteiger partial charge is 0.0136 e. The number of hydrogen-bond acceptors (Lipinski definition) is 0. The van der Waals surface area contributed by atoms with Gasteiger partial charge in [0.1, 0.15) is 0 Å². The molecule has 0 nitrogen and oxygen atoms in total. The van der Waals surface area contributed by atoms with Gasteiger partial charge in [-0.15, -0.1) is 0 Å². The molecule has 2 saturated carbocycles. The third-order valence-electron chi connectivity index (χ3n) is 4.93. The van der Waals surface area contributed by atoms with E-state index in [1.165, 1.54) is 43.2 Å². The second-order valence-electron chi connectivity index (χ2n) is 6.58. The lowest BCUT2D eigenvalue weighted by atomic mass is 9.86. The maximum atomic E-state index is 2.29. The Labute approximate surface area is 121 Å². The molecule has 0 saturated heterocycles. The van der Waals surface area contributed by atoms with Crippen LogP contribution in [0.2, 0.25) is 0 Å². The highest BCUT2D eigenvalue weighted by Gasteiger charge is 2.59. The van der Waals surface area contributed by atoms with Gasteiger partial charge >= 0.3 is 0 Å². The highest BCUT2D eigenvalue weighted by atomic mass is 14.6. The maximum absolute atomic E-state index is 2.29. The summed E-state index contributed by atoms with van der Waals surface area (Å²) in [6.45, 7) is 0. The van der Waals surface area contributed by atoms with Crippen molar-refractivity contribution in [1.29, 1.82) is 0 Å². The summed E-state index contributed by atoms with van der Waals surface area (Å²) in [4.78, 5) is 0. The average Bonchev–Trinajstić information content (AvgIpc) is 3.37. The van der Waals surface area contributed by atoms with Gasteiger partial charge in [-0.05, 0) is 60.5 Å². The van der Waals surface area contributed by atoms with Crippen LogP contribution in [0.5, 0.6) is 0 Å². The van der Waals surface area contributed by atoms with Crippen LogP contribution < -0.4 is 0 Å². The van der Waals surface area contributed by atoms with Crippen molar-refractivity contribution >= 4 is 0 Å². The molecule has 0 heterocycles. The summed E-state index contributed by atoms with van der Waals surface area (Å²) in [5.74, 6) is 2.83. The number of rotatable bonds is 5. The van der Waals surface area contributed by atoms with E-state index in [2.05, 4.69) is 60.7 Å². The molecule has 2 aromatic rings. The molecule has 2 fully saturated rings. The van der Waals surface area contributed by atoms with Crippen LogP contribution in [0, 0.1) is 17.3 Å². The summed E-state index contributed by atoms with van der Waals surface area (Å²) < 4.78 is 0. The molecule has 1 radical (unpaired) electrons. The zero-order chi connectivity index (χ0) is 13.4. The highest BCUT2D eigenvalue weighted by Crippen LogP contribution is 2.67. The zero-order valence-corrected chi connectivity index (χ0v) is 11.9. The minimum atomic E-state index is 0.476. The van der Waals surface area contributed by atoms with Crippen molar-refractivity contribution in [2.75, 3.05) is 0 Å². The SMILES string of the molecule is c1ccc(CC2(Cc3ccccc3)C[C]2C2CC2)cc1. The second kappa shape index (κ2) is 4.77. The molecule has 0 amide bonds. The van der Waals surface area contributed by atoms with Crippen molar-refractivity contribution in [3.63, 3.8) is 0 Å². The Hall–Kier alpha value is -1.56. The maximum Gasteiger partial charge on any atom is -0.0136 e. The van der Waals surface area contributed by atoms with Crippen LogP contribution in [-0.2, 0) is 12.8 Å². The molecule has 0 heteroatoms. The van der Waals surface area contributed by atoms with Crippen LogP contribution >= 0.6 is 0 Å². The van der Waals surface area contributed by atoms with Gasteiger partial charge in [-0.1, -0.05) is 60.7 Å². The third-order valence-corrected chi connectivity index (χ3v) is 4.93. The number of hydrogen-bond donors (Lipinski definition) is 0. The van der Waals surface area contributed by atoms with E-state index in [-0.39, 0.29) is 0 Å². The lowest BCUT2D eigenvalue weighted by Gasteiger charge is -2.18. The Morgan fingerprint density at radius 1 is 0.750 bits per heavy atom. The van der Waals surface area contributed by atoms with Gasteiger partial charge in [-0.25, -0.2) is 0 Å². The van der Waals surface area contributed by atoms with Crippen molar-refractivity contribution < 1.29 is 0 Å². The zero-order valence-electron chi connectivity index (χ0n) is 11.9. The Balaban J connectivity index is 1.56. The van der Waals surface area contributed by atoms with Crippen LogP contribution in [0.15, 0.2) is 60.7 Å². The quantitative estimate of drug-likeness (QED) is 0.722. The van der Waals surface area contributed by atoms with Crippen molar-refractivity contribution in [2.45, 2.75) is 32.1 Å². The van der Waals surface area contributed by atoms with E-state index < -0.39 is 0 Å². The fourth-order valence-electron chi connectivity index (χ4n) is 3.72. The molecule has 0 aliphatic heterocycles. The predicted octanol–water partition coefficient (Wildman–Crippen LogP) is 4.85. The van der Waals surface area contributed by atoms with Gasteiger partial charge in [-0.2, -0.15) is 0 Å². The van der Waals surface area contributed by atoms with Crippen LogP contribution in [0.25, 0.3) is 0 Å². The first-order valence-electron chi connectivity index (χ1n) is 7.80. The number of benzene rings is 2. The van der Waals surface area contributed by atoms with Crippen molar-refractivity contribution in [1.82, 2.24) is 0 Å². The van der Waals surface area contributed by atoms with Crippen LogP contribution in [0.3, 0.4) is 0 Å². The Bertz CT molecular complexity index is 524. The lowest BCUT2D eigenvalue weighted by Crippen LogP contribution is -2.12. The first-order valence-corrected chi connectivity index (χ1v) is 7.80. The topological polar surface area (TPSA) is 0 Å². The molecule has 0 bridgehead atoms. The summed E-state index contributed by atoms with van der Waals surface area (Å²) >= 11 is 0. The molecule has 0 N–H and O–H groups in total. The molecule has 0 aromatic heterocycles. The van der Waals surface area contributed by atoms with E-state index >= 15 is 0 Å². The Morgan fingerprint density at radius 2 is 1.25 bits per heavy atom. The lowest BCUT2D eigenvalue weighted by molar-refractivity contribution is 0.502. The van der Waals surface area contributed by atoms with Gasteiger partial charge in [0.25, 0.3) is 0 Å². The van der Waals surface area contributed by atoms with E-state index in [0.29, 0.717) is 5.41 Å². The van der Waals surface area contributed by atoms with Gasteiger partial charge in [0, 0.05) is 0 Å². The third kappa shape index (κ3) is 2.40. The average molecular weight is 261 g/mol. The predicted molar refractivity (Wildman–Crippen MR) is 83.3 cm³/mol. The van der Waals surface area contributed by atoms with Gasteiger partial charge in [0.05, 0.1) is 0 Å². The van der Waals surface area contributed by atoms with Gasteiger partial charge in [0.15, 0.2) is 0 Å². The monoisotopic (exact) mass is 261 g/mol. The molecule has 20 heavy (non-hydrogen) atoms. The Kier molecular flexibility index (Phi) is 2.91. The standard InChI is InChI=1S/C20H21/c1-3-7-16(8-4-1)13-20(15-19(20)18-11-12-18)14-17-9-5-2-6-10-17/h1-10,18H,11-15H2. The van der Waals surface area contributed by atoms with Crippen LogP contribution in [0.1, 0.15) is 30.4 Å². The highest BCUT2D eigenvalue weighted by molar-refractivity contribution is 5.37. The van der Waals surface area contributed by atoms with E-state index in [1.807, 2.05) is 5.92 Å². The molecular weight excluding hydrogens is 240 g/mol. The van der Waals surface area contributed by atoms with Crippen LogP contribution in [-0.4, -0.2) is 0 Å². The molecule has 2 aliphatic carbocycles. The largest absolute Gasteiger partial charge is 0.0622 e. The Morgan fingerprint density at radius 3 is 1.70 bits per heavy atom. The van der Waals surface area contributed by atoms with Gasteiger partial charge < -0.3 is 0 Å². The minimum absolute atomic E-state index is 0.476. The summed E-state index contributed by atoms with van der Waals surface area (Å²) in [6, 6.07) is 22.1. The normalized spacial score (nSPS) is 20.8. The van der Waals surface area contributed by atoms with E-state index in [9.17, 15) is 0 Å². The fraction of sp³-hybridized carbons (Fsp3) is 0.350. The van der Waals surface area contributed by atoms with Crippen molar-refractivity contribution in [3.05, 3.63) is 77.7 Å². The minimum Gasteiger partial charge on any atom is -0.0622 e. The fourth-order valence-corrected chi connectivity index (χ4v) is 3.72. The van der Waals surface area contributed by atoms with Crippen LogP contribution in [0.4, 0.5) is 0 Å². The summed E-state index contributed by atoms with van der Waals surface area (Å²) in [5.41, 5.74) is 3.47. The second-order valence-corrected chi connectivity index (χ2v) is 6.58. The molecule has 0 spiro atoms. The molecule has 101 valence electrons. The van der Waals surface area contributed by atoms with Gasteiger partial charge in [-0.3, -0.25) is 0 Å². The van der Waals surface area contributed by atoms with E-state index in [0.717, 1.165) is 5.92 Å².